The highest BCUT2D eigenvalue weighted by molar-refractivity contribution is 7.11. The van der Waals surface area contributed by atoms with Crippen molar-refractivity contribution in [1.29, 1.82) is 0 Å². The molecule has 3 nitrogen and oxygen atoms in total. The Balaban J connectivity index is 1.62. The summed E-state index contributed by atoms with van der Waals surface area (Å²) in [6.45, 7) is 0. The zero-order valence-corrected chi connectivity index (χ0v) is 16.8. The molecule has 1 saturated carbocycles. The summed E-state index contributed by atoms with van der Waals surface area (Å²) in [4.78, 5) is 5.59. The van der Waals surface area contributed by atoms with E-state index in [-0.39, 0.29) is 0 Å². The van der Waals surface area contributed by atoms with E-state index in [9.17, 15) is 4.39 Å². The van der Waals surface area contributed by atoms with Gasteiger partial charge in [0, 0.05) is 27.5 Å². The summed E-state index contributed by atoms with van der Waals surface area (Å²) in [6.07, 6.45) is 3.83. The van der Waals surface area contributed by atoms with E-state index in [1.807, 2.05) is 35.0 Å². The summed E-state index contributed by atoms with van der Waals surface area (Å²) in [7, 11) is 0. The van der Waals surface area contributed by atoms with Crippen LogP contribution >= 0.6 is 34.5 Å². The number of hydrogen-bond donors (Lipinski definition) is 0. The average Bonchev–Trinajstić information content (AvgIpc) is 3.26. The van der Waals surface area contributed by atoms with Gasteiger partial charge in [-0.05, 0) is 49.2 Å². The summed E-state index contributed by atoms with van der Waals surface area (Å²) < 4.78 is 23.2. The lowest BCUT2D eigenvalue weighted by atomic mass is 10.1. The number of ether oxygens (including phenoxy) is 1. The summed E-state index contributed by atoms with van der Waals surface area (Å²) in [5, 5.41) is 3.03. The Bertz CT molecular complexity index is 1260. The minimum atomic E-state index is -0.427. The zero-order valence-electron chi connectivity index (χ0n) is 14.5. The van der Waals surface area contributed by atoms with Crippen LogP contribution in [0.3, 0.4) is 0 Å². The van der Waals surface area contributed by atoms with Gasteiger partial charge < -0.3 is 4.74 Å². The van der Waals surface area contributed by atoms with Crippen LogP contribution in [0.25, 0.3) is 22.2 Å². The van der Waals surface area contributed by atoms with Crippen molar-refractivity contribution < 1.29 is 9.13 Å². The van der Waals surface area contributed by atoms with Crippen LogP contribution in [0.1, 0.15) is 34.9 Å². The lowest BCUT2D eigenvalue weighted by Crippen LogP contribution is -2.21. The van der Waals surface area contributed by atoms with E-state index in [4.69, 9.17) is 27.9 Å². The first kappa shape index (κ1) is 16.8. The van der Waals surface area contributed by atoms with Crippen LogP contribution in [0.15, 0.2) is 42.6 Å². The first-order valence-corrected chi connectivity index (χ1v) is 10.6. The van der Waals surface area contributed by atoms with E-state index in [0.717, 1.165) is 26.5 Å². The van der Waals surface area contributed by atoms with Crippen molar-refractivity contribution in [2.75, 3.05) is 0 Å². The molecule has 28 heavy (non-hydrogen) atoms. The number of benzene rings is 2. The summed E-state index contributed by atoms with van der Waals surface area (Å²) in [5.74, 6) is 0.609. The molecule has 0 N–H and O–H groups in total. The molecular formula is C21H13Cl2FN2OS. The third-order valence-electron chi connectivity index (χ3n) is 5.26. The van der Waals surface area contributed by atoms with E-state index in [1.54, 1.807) is 17.4 Å². The maximum Gasteiger partial charge on any atom is 0.213 e. The molecule has 0 spiro atoms. The number of fused-ring (bicyclic) bond motifs is 5. The largest absolute Gasteiger partial charge is 0.464 e. The molecule has 6 rings (SSSR count). The first-order valence-electron chi connectivity index (χ1n) is 9.00. The van der Waals surface area contributed by atoms with Gasteiger partial charge in [0.2, 0.25) is 6.23 Å². The molecule has 1 fully saturated rings. The van der Waals surface area contributed by atoms with E-state index in [1.165, 1.54) is 18.9 Å². The average molecular weight is 431 g/mol. The van der Waals surface area contributed by atoms with Gasteiger partial charge in [0.15, 0.2) is 0 Å². The van der Waals surface area contributed by atoms with Crippen molar-refractivity contribution in [2.45, 2.75) is 25.0 Å². The number of thiazole rings is 1. The number of halogens is 3. The second-order valence-electron chi connectivity index (χ2n) is 7.21. The molecule has 140 valence electrons. The van der Waals surface area contributed by atoms with Gasteiger partial charge in [-0.2, -0.15) is 0 Å². The summed E-state index contributed by atoms with van der Waals surface area (Å²) >= 11 is 14.0. The van der Waals surface area contributed by atoms with Crippen LogP contribution in [0, 0.1) is 5.82 Å². The number of hydrogen-bond acceptors (Lipinski definition) is 3. The quantitative estimate of drug-likeness (QED) is 0.341. The number of aromatic nitrogens is 2. The first-order chi connectivity index (χ1) is 13.6. The Labute approximate surface area is 174 Å². The molecule has 0 amide bonds. The molecule has 0 bridgehead atoms. The van der Waals surface area contributed by atoms with Gasteiger partial charge >= 0.3 is 0 Å². The maximum atomic E-state index is 14.9. The van der Waals surface area contributed by atoms with Crippen molar-refractivity contribution in [2.24, 2.45) is 0 Å². The van der Waals surface area contributed by atoms with Crippen molar-refractivity contribution in [1.82, 2.24) is 9.55 Å². The maximum absolute atomic E-state index is 14.9. The van der Waals surface area contributed by atoms with E-state index in [2.05, 4.69) is 4.98 Å². The molecule has 1 aliphatic carbocycles. The Hall–Kier alpha value is -2.08. The van der Waals surface area contributed by atoms with E-state index >= 15 is 0 Å². The van der Waals surface area contributed by atoms with Crippen LogP contribution in [-0.4, -0.2) is 9.55 Å². The lowest BCUT2D eigenvalue weighted by molar-refractivity contribution is 0.176. The summed E-state index contributed by atoms with van der Waals surface area (Å²) in [6, 6.07) is 10.6. The van der Waals surface area contributed by atoms with Crippen LogP contribution in [0.4, 0.5) is 4.39 Å². The molecule has 1 aliphatic heterocycles. The molecule has 4 aromatic rings. The van der Waals surface area contributed by atoms with Crippen LogP contribution in [0.2, 0.25) is 10.0 Å². The SMILES string of the molecule is Fc1cc(Cl)cc2c1-c1cc3cc(Cl)ccc3n1C(c1cnc(C3CC3)s1)O2. The topological polar surface area (TPSA) is 27.1 Å². The van der Waals surface area contributed by atoms with Gasteiger partial charge in [-0.15, -0.1) is 11.3 Å². The monoisotopic (exact) mass is 430 g/mol. The number of nitrogens with zero attached hydrogens (tertiary/aromatic N) is 2. The molecule has 3 heterocycles. The van der Waals surface area contributed by atoms with Gasteiger partial charge in [0.25, 0.3) is 0 Å². The number of rotatable bonds is 2. The Morgan fingerprint density at radius 1 is 1.11 bits per heavy atom. The van der Waals surface area contributed by atoms with Crippen molar-refractivity contribution >= 4 is 45.4 Å². The van der Waals surface area contributed by atoms with Gasteiger partial charge in [-0.1, -0.05) is 23.2 Å². The van der Waals surface area contributed by atoms with Gasteiger partial charge in [0.1, 0.15) is 11.6 Å². The smallest absolute Gasteiger partial charge is 0.213 e. The molecule has 2 aromatic carbocycles. The van der Waals surface area contributed by atoms with Crippen molar-refractivity contribution in [3.05, 3.63) is 68.3 Å². The van der Waals surface area contributed by atoms with Crippen molar-refractivity contribution in [3.63, 3.8) is 0 Å². The highest BCUT2D eigenvalue weighted by Gasteiger charge is 2.34. The molecule has 7 heteroatoms. The highest BCUT2D eigenvalue weighted by Crippen LogP contribution is 2.49. The molecular weight excluding hydrogens is 418 g/mol. The third kappa shape index (κ3) is 2.50. The normalized spacial score (nSPS) is 18.0. The second kappa shape index (κ2) is 5.96. The Kier molecular flexibility index (Phi) is 3.58. The van der Waals surface area contributed by atoms with Gasteiger partial charge in [-0.3, -0.25) is 4.57 Å². The van der Waals surface area contributed by atoms with Crippen LogP contribution in [0.5, 0.6) is 5.75 Å². The Morgan fingerprint density at radius 3 is 2.79 bits per heavy atom. The van der Waals surface area contributed by atoms with E-state index < -0.39 is 12.0 Å². The minimum absolute atomic E-state index is 0.311. The fourth-order valence-electron chi connectivity index (χ4n) is 3.84. The molecule has 2 aliphatic rings. The molecule has 1 atom stereocenters. The summed E-state index contributed by atoms with van der Waals surface area (Å²) in [5.41, 5.74) is 2.10. The van der Waals surface area contributed by atoms with E-state index in [0.29, 0.717) is 27.3 Å². The standard InChI is InChI=1S/C21H13Cl2FN2OS/c22-12-3-4-15-11(5-12)6-16-19-14(24)7-13(23)8-17(19)27-21(26(15)16)18-9-25-20(28-18)10-1-2-10/h3-10,21H,1-2H2. The fourth-order valence-corrected chi connectivity index (χ4v) is 5.32. The van der Waals surface area contributed by atoms with Crippen LogP contribution < -0.4 is 4.74 Å². The van der Waals surface area contributed by atoms with Gasteiger partial charge in [-0.25, -0.2) is 9.37 Å². The predicted octanol–water partition coefficient (Wildman–Crippen LogP) is 7.03. The second-order valence-corrected chi connectivity index (χ2v) is 9.18. The molecule has 1 unspecified atom stereocenters. The molecule has 0 radical (unpaired) electrons. The fraction of sp³-hybridized carbons (Fsp3) is 0.190. The van der Waals surface area contributed by atoms with Crippen LogP contribution in [-0.2, 0) is 0 Å². The Morgan fingerprint density at radius 2 is 1.96 bits per heavy atom. The highest BCUT2D eigenvalue weighted by atomic mass is 35.5. The molecule has 0 saturated heterocycles. The zero-order chi connectivity index (χ0) is 19.0. The lowest BCUT2D eigenvalue weighted by Gasteiger charge is -2.29. The predicted molar refractivity (Wildman–Crippen MR) is 110 cm³/mol. The third-order valence-corrected chi connectivity index (χ3v) is 6.90. The molecule has 2 aromatic heterocycles. The minimum Gasteiger partial charge on any atom is -0.464 e. The van der Waals surface area contributed by atoms with Gasteiger partial charge in [0.05, 0.1) is 26.7 Å². The van der Waals surface area contributed by atoms with Crippen molar-refractivity contribution in [3.8, 4) is 17.0 Å².